The maximum absolute atomic E-state index is 12.7. The van der Waals surface area contributed by atoms with Gasteiger partial charge < -0.3 is 10.1 Å². The molecule has 2 heterocycles. The lowest BCUT2D eigenvalue weighted by Gasteiger charge is -2.12. The number of carbonyl (C=O) groups excluding carboxylic acids is 1. The Hall–Kier alpha value is -3.56. The summed E-state index contributed by atoms with van der Waals surface area (Å²) in [6.45, 7) is 6.04. The van der Waals surface area contributed by atoms with Crippen molar-refractivity contribution in [3.63, 3.8) is 0 Å². The summed E-state index contributed by atoms with van der Waals surface area (Å²) in [4.78, 5) is 27.1. The van der Waals surface area contributed by atoms with Gasteiger partial charge in [0.05, 0.1) is 23.4 Å². The number of hydrogen-bond donors (Lipinski definition) is 1. The van der Waals surface area contributed by atoms with Crippen molar-refractivity contribution in [1.82, 2.24) is 24.5 Å². The quantitative estimate of drug-likeness (QED) is 0.494. The van der Waals surface area contributed by atoms with Gasteiger partial charge in [-0.05, 0) is 36.3 Å². The van der Waals surface area contributed by atoms with Crippen LogP contribution >= 0.6 is 0 Å². The van der Waals surface area contributed by atoms with Crippen LogP contribution in [0.4, 0.5) is 11.8 Å². The summed E-state index contributed by atoms with van der Waals surface area (Å²) in [5.41, 5.74) is 2.79. The zero-order chi connectivity index (χ0) is 20.3. The first-order valence-corrected chi connectivity index (χ1v) is 8.84. The van der Waals surface area contributed by atoms with E-state index in [1.54, 1.807) is 24.9 Å². The van der Waals surface area contributed by atoms with Gasteiger partial charge in [0.25, 0.3) is 5.91 Å². The molecule has 0 bridgehead atoms. The minimum absolute atomic E-state index is 0.177. The largest absolute Gasteiger partial charge is 0.390 e. The number of benzene rings is 1. The van der Waals surface area contributed by atoms with E-state index in [9.17, 15) is 14.9 Å². The molecule has 0 aliphatic carbocycles. The molecule has 1 atom stereocenters. The highest BCUT2D eigenvalue weighted by molar-refractivity contribution is 5.92. The Kier molecular flexibility index (Phi) is 5.48. The van der Waals surface area contributed by atoms with Gasteiger partial charge >= 0.3 is 5.82 Å². The fourth-order valence-corrected chi connectivity index (χ4v) is 2.93. The molecule has 0 radical (unpaired) electrons. The summed E-state index contributed by atoms with van der Waals surface area (Å²) in [5, 5.41) is 21.8. The molecule has 1 aromatic carbocycles. The summed E-state index contributed by atoms with van der Waals surface area (Å²) in [6.07, 6.45) is 1.96. The van der Waals surface area contributed by atoms with Crippen molar-refractivity contribution in [3.8, 4) is 0 Å². The highest BCUT2D eigenvalue weighted by atomic mass is 16.6. The van der Waals surface area contributed by atoms with E-state index in [1.807, 2.05) is 31.2 Å². The van der Waals surface area contributed by atoms with Crippen LogP contribution in [0.3, 0.4) is 0 Å². The number of rotatable bonds is 7. The second-order valence-corrected chi connectivity index (χ2v) is 6.45. The minimum Gasteiger partial charge on any atom is -0.358 e. The smallest absolute Gasteiger partial charge is 0.358 e. The Bertz CT molecular complexity index is 1010. The number of aromatic nitrogens is 5. The lowest BCUT2D eigenvalue weighted by molar-refractivity contribution is -0.389. The molecule has 10 heteroatoms. The molecular formula is C18H21N7O3. The molecule has 3 aromatic rings. The van der Waals surface area contributed by atoms with Gasteiger partial charge in [-0.15, -0.1) is 5.10 Å². The average Bonchev–Trinajstić information content (AvgIpc) is 3.25. The van der Waals surface area contributed by atoms with Crippen LogP contribution in [0.1, 0.15) is 36.2 Å². The monoisotopic (exact) mass is 383 g/mol. The summed E-state index contributed by atoms with van der Waals surface area (Å²) in [6, 6.07) is 8.60. The molecule has 0 saturated carbocycles. The molecule has 0 aliphatic rings. The number of nitro groups is 1. The summed E-state index contributed by atoms with van der Waals surface area (Å²) < 4.78 is 3.00. The number of hydrogen-bond acceptors (Lipinski definition) is 6. The van der Waals surface area contributed by atoms with Crippen molar-refractivity contribution in [3.05, 3.63) is 63.6 Å². The topological polar surface area (TPSA) is 121 Å². The van der Waals surface area contributed by atoms with Gasteiger partial charge in [0, 0.05) is 0 Å². The Labute approximate surface area is 161 Å². The molecule has 1 amide bonds. The maximum atomic E-state index is 12.7. The fourth-order valence-electron chi connectivity index (χ4n) is 2.93. The first-order chi connectivity index (χ1) is 13.4. The van der Waals surface area contributed by atoms with Gasteiger partial charge in [-0.3, -0.25) is 10.1 Å². The number of anilines is 1. The fraction of sp³-hybridized carbons (Fsp3) is 0.333. The second kappa shape index (κ2) is 7.99. The SMILES string of the molecule is CCC(C(=O)Nc1ncn(Cc2ccccc2C)n1)n1nc([N+](=O)[O-])cc1C. The van der Waals surface area contributed by atoms with Crippen LogP contribution in [-0.2, 0) is 11.3 Å². The number of nitrogens with one attached hydrogen (secondary N) is 1. The Morgan fingerprint density at radius 3 is 2.68 bits per heavy atom. The molecule has 3 rings (SSSR count). The molecule has 146 valence electrons. The number of amides is 1. The highest BCUT2D eigenvalue weighted by Gasteiger charge is 2.27. The van der Waals surface area contributed by atoms with Crippen LogP contribution in [-0.4, -0.2) is 35.4 Å². The zero-order valence-electron chi connectivity index (χ0n) is 15.9. The van der Waals surface area contributed by atoms with Crippen LogP contribution in [0, 0.1) is 24.0 Å². The van der Waals surface area contributed by atoms with Gasteiger partial charge in [0.15, 0.2) is 6.04 Å². The molecule has 0 spiro atoms. The van der Waals surface area contributed by atoms with Gasteiger partial charge in [-0.25, -0.2) is 9.67 Å². The van der Waals surface area contributed by atoms with E-state index in [0.29, 0.717) is 18.7 Å². The molecule has 28 heavy (non-hydrogen) atoms. The standard InChI is InChI=1S/C18H21N7O3/c1-4-15(24-13(3)9-16(21-24)25(27)28)17(26)20-18-19-11-23(22-18)10-14-8-6-5-7-12(14)2/h5-9,11,15H,4,10H2,1-3H3,(H,20,22,26). The molecular weight excluding hydrogens is 362 g/mol. The van der Waals surface area contributed by atoms with E-state index in [-0.39, 0.29) is 17.7 Å². The van der Waals surface area contributed by atoms with Crippen LogP contribution in [0.25, 0.3) is 0 Å². The van der Waals surface area contributed by atoms with E-state index in [1.165, 1.54) is 10.7 Å². The van der Waals surface area contributed by atoms with Crippen LogP contribution in [0.2, 0.25) is 0 Å². The van der Waals surface area contributed by atoms with E-state index < -0.39 is 11.0 Å². The van der Waals surface area contributed by atoms with Crippen molar-refractivity contribution >= 4 is 17.7 Å². The molecule has 0 saturated heterocycles. The van der Waals surface area contributed by atoms with Gasteiger partial charge in [-0.2, -0.15) is 4.68 Å². The van der Waals surface area contributed by atoms with Crippen LogP contribution in [0.15, 0.2) is 36.7 Å². The normalized spacial score (nSPS) is 12.0. The Morgan fingerprint density at radius 2 is 2.04 bits per heavy atom. The molecule has 10 nitrogen and oxygen atoms in total. The minimum atomic E-state index is -0.697. The van der Waals surface area contributed by atoms with E-state index >= 15 is 0 Å². The van der Waals surface area contributed by atoms with Crippen molar-refractivity contribution in [2.45, 2.75) is 39.8 Å². The lowest BCUT2D eigenvalue weighted by atomic mass is 10.1. The predicted molar refractivity (Wildman–Crippen MR) is 102 cm³/mol. The summed E-state index contributed by atoms with van der Waals surface area (Å²) in [5.74, 6) is -0.488. The lowest BCUT2D eigenvalue weighted by Crippen LogP contribution is -2.27. The van der Waals surface area contributed by atoms with Crippen molar-refractivity contribution < 1.29 is 9.72 Å². The molecule has 1 unspecified atom stereocenters. The van der Waals surface area contributed by atoms with Crippen LogP contribution in [0.5, 0.6) is 0 Å². The molecule has 0 fully saturated rings. The molecule has 2 aromatic heterocycles. The van der Waals surface area contributed by atoms with Gasteiger partial charge in [0.2, 0.25) is 5.95 Å². The Balaban J connectivity index is 1.72. The first-order valence-electron chi connectivity index (χ1n) is 8.84. The molecule has 1 N–H and O–H groups in total. The van der Waals surface area contributed by atoms with Gasteiger partial charge in [0.1, 0.15) is 6.33 Å². The number of carbonyl (C=O) groups is 1. The van der Waals surface area contributed by atoms with Crippen LogP contribution < -0.4 is 5.32 Å². The third-order valence-electron chi connectivity index (χ3n) is 4.45. The van der Waals surface area contributed by atoms with E-state index in [4.69, 9.17) is 0 Å². The van der Waals surface area contributed by atoms with Gasteiger partial charge in [-0.1, -0.05) is 31.2 Å². The third kappa shape index (κ3) is 4.05. The highest BCUT2D eigenvalue weighted by Crippen LogP contribution is 2.20. The summed E-state index contributed by atoms with van der Waals surface area (Å²) >= 11 is 0. The number of nitrogens with zero attached hydrogens (tertiary/aromatic N) is 6. The van der Waals surface area contributed by atoms with Crippen molar-refractivity contribution in [2.75, 3.05) is 5.32 Å². The van der Waals surface area contributed by atoms with Crippen molar-refractivity contribution in [2.24, 2.45) is 0 Å². The number of aryl methyl sites for hydroxylation is 2. The van der Waals surface area contributed by atoms with E-state index in [2.05, 4.69) is 20.5 Å². The Morgan fingerprint density at radius 1 is 1.29 bits per heavy atom. The third-order valence-corrected chi connectivity index (χ3v) is 4.45. The second-order valence-electron chi connectivity index (χ2n) is 6.45. The molecule has 0 aliphatic heterocycles. The average molecular weight is 383 g/mol. The maximum Gasteiger partial charge on any atom is 0.390 e. The van der Waals surface area contributed by atoms with Crippen molar-refractivity contribution in [1.29, 1.82) is 0 Å². The summed E-state index contributed by atoms with van der Waals surface area (Å²) in [7, 11) is 0. The first kappa shape index (κ1) is 19.2. The zero-order valence-corrected chi connectivity index (χ0v) is 15.9. The van der Waals surface area contributed by atoms with E-state index in [0.717, 1.165) is 11.1 Å². The predicted octanol–water partition coefficient (Wildman–Crippen LogP) is 2.64.